The molecule has 3 rings (SSSR count). The monoisotopic (exact) mass is 295 g/mol. The van der Waals surface area contributed by atoms with Gasteiger partial charge in [-0.05, 0) is 42.9 Å². The van der Waals surface area contributed by atoms with Crippen LogP contribution >= 0.6 is 23.2 Å². The van der Waals surface area contributed by atoms with Gasteiger partial charge in [-0.1, -0.05) is 42.3 Å². The first-order valence-corrected chi connectivity index (χ1v) is 7.19. The lowest BCUT2D eigenvalue weighted by Gasteiger charge is -2.29. The van der Waals surface area contributed by atoms with Crippen molar-refractivity contribution in [3.8, 4) is 0 Å². The Morgan fingerprint density at radius 1 is 1.32 bits per heavy atom. The number of carbonyl (C=O) groups is 1. The summed E-state index contributed by atoms with van der Waals surface area (Å²) < 4.78 is 0. The van der Waals surface area contributed by atoms with Gasteiger partial charge in [-0.15, -0.1) is 0 Å². The fraction of sp³-hybridized carbons (Fsp3) is 0.400. The van der Waals surface area contributed by atoms with E-state index < -0.39 is 0 Å². The van der Waals surface area contributed by atoms with E-state index in [2.05, 4.69) is 17.5 Å². The first-order valence-electron chi connectivity index (χ1n) is 6.44. The smallest absolute Gasteiger partial charge is 0.230 e. The number of fused-ring (bicyclic) bond motifs is 2. The molecule has 3 atom stereocenters. The summed E-state index contributed by atoms with van der Waals surface area (Å²) in [6.45, 7) is 2.05. The molecule has 0 heterocycles. The van der Waals surface area contributed by atoms with Crippen molar-refractivity contribution in [3.05, 3.63) is 40.4 Å². The standard InChI is InChI=1S/C15H15Cl2NO/c1-15(8-9-2-3-10(15)6-9)14(19)18-11-4-5-12(16)13(17)7-11/h2-5,7,9-10H,6,8H2,1H3,(H,18,19)/t9-,10+,15+/m1/s1. The van der Waals surface area contributed by atoms with Gasteiger partial charge in [0.25, 0.3) is 0 Å². The van der Waals surface area contributed by atoms with Crippen LogP contribution in [0.25, 0.3) is 0 Å². The van der Waals surface area contributed by atoms with E-state index in [0.29, 0.717) is 27.6 Å². The summed E-state index contributed by atoms with van der Waals surface area (Å²) >= 11 is 11.8. The molecule has 1 saturated carbocycles. The number of anilines is 1. The highest BCUT2D eigenvalue weighted by Gasteiger charge is 2.49. The normalized spacial score (nSPS) is 31.7. The molecule has 2 aliphatic rings. The summed E-state index contributed by atoms with van der Waals surface area (Å²) in [5, 5.41) is 3.91. The van der Waals surface area contributed by atoms with Crippen molar-refractivity contribution in [2.45, 2.75) is 19.8 Å². The predicted molar refractivity (Wildman–Crippen MR) is 78.6 cm³/mol. The minimum Gasteiger partial charge on any atom is -0.326 e. The summed E-state index contributed by atoms with van der Waals surface area (Å²) in [6.07, 6.45) is 6.45. The lowest BCUT2D eigenvalue weighted by atomic mass is 9.77. The highest BCUT2D eigenvalue weighted by Crippen LogP contribution is 2.52. The van der Waals surface area contributed by atoms with Gasteiger partial charge in [0.15, 0.2) is 0 Å². The highest BCUT2D eigenvalue weighted by molar-refractivity contribution is 6.42. The van der Waals surface area contributed by atoms with Crippen LogP contribution in [0.3, 0.4) is 0 Å². The van der Waals surface area contributed by atoms with Crippen molar-refractivity contribution in [2.75, 3.05) is 5.32 Å². The fourth-order valence-electron chi connectivity index (χ4n) is 3.20. The second-order valence-electron chi connectivity index (χ2n) is 5.69. The molecule has 1 aromatic rings. The molecule has 1 aromatic carbocycles. The second kappa shape index (κ2) is 4.53. The van der Waals surface area contributed by atoms with Gasteiger partial charge in [0, 0.05) is 5.69 Å². The van der Waals surface area contributed by atoms with Crippen molar-refractivity contribution in [2.24, 2.45) is 17.3 Å². The number of halogens is 2. The number of allylic oxidation sites excluding steroid dienone is 2. The Hall–Kier alpha value is -0.990. The Labute approximate surface area is 122 Å². The van der Waals surface area contributed by atoms with Crippen LogP contribution in [0.5, 0.6) is 0 Å². The fourth-order valence-corrected chi connectivity index (χ4v) is 3.50. The molecule has 0 aliphatic heterocycles. The molecule has 0 unspecified atom stereocenters. The number of carbonyl (C=O) groups excluding carboxylic acids is 1. The van der Waals surface area contributed by atoms with Crippen molar-refractivity contribution in [1.29, 1.82) is 0 Å². The van der Waals surface area contributed by atoms with Gasteiger partial charge in [0.2, 0.25) is 5.91 Å². The molecular formula is C15H15Cl2NO. The molecule has 2 aliphatic carbocycles. The van der Waals surface area contributed by atoms with Crippen LogP contribution < -0.4 is 5.32 Å². The van der Waals surface area contributed by atoms with Crippen LogP contribution in [0.2, 0.25) is 10.0 Å². The maximum atomic E-state index is 12.5. The molecule has 0 radical (unpaired) electrons. The maximum absolute atomic E-state index is 12.5. The van der Waals surface area contributed by atoms with Crippen molar-refractivity contribution >= 4 is 34.8 Å². The average molecular weight is 296 g/mol. The molecule has 19 heavy (non-hydrogen) atoms. The summed E-state index contributed by atoms with van der Waals surface area (Å²) in [5.74, 6) is 0.998. The minimum atomic E-state index is -0.300. The molecule has 4 heteroatoms. The van der Waals surface area contributed by atoms with Gasteiger partial charge in [-0.3, -0.25) is 4.79 Å². The minimum absolute atomic E-state index is 0.0720. The van der Waals surface area contributed by atoms with E-state index >= 15 is 0 Å². The molecule has 0 saturated heterocycles. The topological polar surface area (TPSA) is 29.1 Å². The van der Waals surface area contributed by atoms with Gasteiger partial charge in [0.1, 0.15) is 0 Å². The van der Waals surface area contributed by atoms with E-state index in [9.17, 15) is 4.79 Å². The van der Waals surface area contributed by atoms with E-state index in [1.807, 2.05) is 6.92 Å². The Morgan fingerprint density at radius 3 is 2.68 bits per heavy atom. The lowest BCUT2D eigenvalue weighted by molar-refractivity contribution is -0.126. The van der Waals surface area contributed by atoms with Gasteiger partial charge in [-0.25, -0.2) is 0 Å². The Balaban J connectivity index is 1.78. The molecule has 100 valence electrons. The number of hydrogen-bond acceptors (Lipinski definition) is 1. The van der Waals surface area contributed by atoms with Crippen molar-refractivity contribution in [1.82, 2.24) is 0 Å². The second-order valence-corrected chi connectivity index (χ2v) is 6.51. The van der Waals surface area contributed by atoms with E-state index in [1.165, 1.54) is 0 Å². The number of hydrogen-bond donors (Lipinski definition) is 1. The summed E-state index contributed by atoms with van der Waals surface area (Å²) in [6, 6.07) is 5.16. The van der Waals surface area contributed by atoms with Crippen LogP contribution in [0.15, 0.2) is 30.4 Å². The van der Waals surface area contributed by atoms with Crippen LogP contribution in [0.4, 0.5) is 5.69 Å². The molecule has 0 spiro atoms. The first-order chi connectivity index (χ1) is 8.99. The maximum Gasteiger partial charge on any atom is 0.230 e. The zero-order valence-corrected chi connectivity index (χ0v) is 12.1. The predicted octanol–water partition coefficient (Wildman–Crippen LogP) is 4.53. The molecular weight excluding hydrogens is 281 g/mol. The summed E-state index contributed by atoms with van der Waals surface area (Å²) in [7, 11) is 0. The molecule has 1 N–H and O–H groups in total. The third-order valence-corrected chi connectivity index (χ3v) is 5.11. The van der Waals surface area contributed by atoms with E-state index in [1.54, 1.807) is 18.2 Å². The molecule has 1 fully saturated rings. The lowest BCUT2D eigenvalue weighted by Crippen LogP contribution is -2.36. The first kappa shape index (κ1) is 13.0. The van der Waals surface area contributed by atoms with Crippen LogP contribution in [-0.4, -0.2) is 5.91 Å². The summed E-state index contributed by atoms with van der Waals surface area (Å²) in [4.78, 5) is 12.5. The number of amides is 1. The average Bonchev–Trinajstić information content (AvgIpc) is 2.94. The van der Waals surface area contributed by atoms with Gasteiger partial charge < -0.3 is 5.32 Å². The van der Waals surface area contributed by atoms with Crippen LogP contribution in [0.1, 0.15) is 19.8 Å². The third-order valence-electron chi connectivity index (χ3n) is 4.37. The van der Waals surface area contributed by atoms with Crippen molar-refractivity contribution < 1.29 is 4.79 Å². The SMILES string of the molecule is C[C@]1(C(=O)Nc2ccc(Cl)c(Cl)c2)C[C@@H]2C=C[C@H]1C2. The quantitative estimate of drug-likeness (QED) is 0.798. The van der Waals surface area contributed by atoms with E-state index in [4.69, 9.17) is 23.2 Å². The molecule has 1 amide bonds. The number of nitrogens with one attached hydrogen (secondary N) is 1. The van der Waals surface area contributed by atoms with Gasteiger partial charge in [0.05, 0.1) is 15.5 Å². The van der Waals surface area contributed by atoms with Gasteiger partial charge >= 0.3 is 0 Å². The Morgan fingerprint density at radius 2 is 2.11 bits per heavy atom. The van der Waals surface area contributed by atoms with Crippen LogP contribution in [0, 0.1) is 17.3 Å². The Kier molecular flexibility index (Phi) is 3.11. The number of rotatable bonds is 2. The third kappa shape index (κ3) is 2.17. The van der Waals surface area contributed by atoms with E-state index in [0.717, 1.165) is 12.8 Å². The summed E-state index contributed by atoms with van der Waals surface area (Å²) in [5.41, 5.74) is 0.401. The van der Waals surface area contributed by atoms with E-state index in [-0.39, 0.29) is 11.3 Å². The Bertz CT molecular complexity index is 569. The van der Waals surface area contributed by atoms with Crippen molar-refractivity contribution in [3.63, 3.8) is 0 Å². The zero-order chi connectivity index (χ0) is 13.6. The van der Waals surface area contributed by atoms with Crippen LogP contribution in [-0.2, 0) is 4.79 Å². The van der Waals surface area contributed by atoms with Gasteiger partial charge in [-0.2, -0.15) is 0 Å². The molecule has 2 bridgehead atoms. The highest BCUT2D eigenvalue weighted by atomic mass is 35.5. The zero-order valence-electron chi connectivity index (χ0n) is 10.6. The number of benzene rings is 1. The largest absolute Gasteiger partial charge is 0.326 e. The molecule has 0 aromatic heterocycles. The molecule has 2 nitrogen and oxygen atoms in total.